The molecule has 27 heavy (non-hydrogen) atoms. The number of carbonyl (C=O) groups is 1. The minimum atomic E-state index is -0.0564. The molecule has 1 heterocycles. The highest BCUT2D eigenvalue weighted by Crippen LogP contribution is 2.18. The van der Waals surface area contributed by atoms with E-state index in [0.717, 1.165) is 23.7 Å². The molecule has 1 aromatic heterocycles. The topological polar surface area (TPSA) is 54.4 Å². The van der Waals surface area contributed by atoms with Crippen LogP contribution in [0, 0.1) is 0 Å². The number of amides is 1. The van der Waals surface area contributed by atoms with E-state index in [0.29, 0.717) is 17.1 Å². The van der Waals surface area contributed by atoms with Gasteiger partial charge in [0.15, 0.2) is 0 Å². The lowest BCUT2D eigenvalue weighted by atomic mass is 10.1. The SMILES string of the molecule is CCCCCCCCCCCC(=O)NN=Cc1cc2ccccc2nc1Cl. The van der Waals surface area contributed by atoms with Gasteiger partial charge in [0.1, 0.15) is 5.15 Å². The molecule has 0 aliphatic heterocycles. The molecule has 146 valence electrons. The summed E-state index contributed by atoms with van der Waals surface area (Å²) in [6.07, 6.45) is 13.2. The first-order valence-corrected chi connectivity index (χ1v) is 10.5. The average molecular weight is 388 g/mol. The summed E-state index contributed by atoms with van der Waals surface area (Å²) in [5, 5.41) is 5.39. The van der Waals surface area contributed by atoms with Crippen LogP contribution in [0.15, 0.2) is 35.4 Å². The Kier molecular flexibility index (Phi) is 9.85. The van der Waals surface area contributed by atoms with Crippen molar-refractivity contribution >= 4 is 34.6 Å². The maximum atomic E-state index is 11.9. The second-order valence-electron chi connectivity index (χ2n) is 6.93. The minimum absolute atomic E-state index is 0.0564. The Balaban J connectivity index is 1.63. The molecule has 0 aliphatic carbocycles. The standard InChI is InChI=1S/C22H30ClN3O/c1-2-3-4-5-6-7-8-9-10-15-21(27)26-24-17-19-16-18-13-11-12-14-20(18)25-22(19)23/h11-14,16-17H,2-10,15H2,1H3,(H,26,27). The van der Waals surface area contributed by atoms with Crippen molar-refractivity contribution in [2.24, 2.45) is 5.10 Å². The lowest BCUT2D eigenvalue weighted by Crippen LogP contribution is -2.16. The van der Waals surface area contributed by atoms with E-state index in [1.165, 1.54) is 44.9 Å². The van der Waals surface area contributed by atoms with Crippen molar-refractivity contribution in [3.63, 3.8) is 0 Å². The van der Waals surface area contributed by atoms with Gasteiger partial charge in [0.25, 0.3) is 0 Å². The number of hydrogen-bond donors (Lipinski definition) is 1. The van der Waals surface area contributed by atoms with Crippen molar-refractivity contribution < 1.29 is 4.79 Å². The molecule has 0 bridgehead atoms. The predicted molar refractivity (Wildman–Crippen MR) is 114 cm³/mol. The molecule has 0 saturated heterocycles. The molecule has 0 atom stereocenters. The highest BCUT2D eigenvalue weighted by Gasteiger charge is 2.03. The Hall–Kier alpha value is -1.94. The number of nitrogens with zero attached hydrogens (tertiary/aromatic N) is 2. The second-order valence-corrected chi connectivity index (χ2v) is 7.29. The summed E-state index contributed by atoms with van der Waals surface area (Å²) in [5.74, 6) is -0.0564. The summed E-state index contributed by atoms with van der Waals surface area (Å²) in [4.78, 5) is 16.2. The second kappa shape index (κ2) is 12.4. The van der Waals surface area contributed by atoms with E-state index in [9.17, 15) is 4.79 Å². The van der Waals surface area contributed by atoms with E-state index in [-0.39, 0.29) is 5.91 Å². The number of pyridine rings is 1. The summed E-state index contributed by atoms with van der Waals surface area (Å²) < 4.78 is 0. The zero-order chi connectivity index (χ0) is 19.3. The maximum Gasteiger partial charge on any atom is 0.240 e. The van der Waals surface area contributed by atoms with Gasteiger partial charge in [-0.3, -0.25) is 4.79 Å². The van der Waals surface area contributed by atoms with Gasteiger partial charge < -0.3 is 0 Å². The monoisotopic (exact) mass is 387 g/mol. The fourth-order valence-electron chi connectivity index (χ4n) is 3.03. The fourth-order valence-corrected chi connectivity index (χ4v) is 3.22. The Morgan fingerprint density at radius 2 is 1.74 bits per heavy atom. The van der Waals surface area contributed by atoms with Crippen molar-refractivity contribution in [2.45, 2.75) is 71.1 Å². The van der Waals surface area contributed by atoms with Gasteiger partial charge >= 0.3 is 0 Å². The number of aromatic nitrogens is 1. The van der Waals surface area contributed by atoms with Gasteiger partial charge in [0, 0.05) is 17.4 Å². The van der Waals surface area contributed by atoms with Gasteiger partial charge in [0.2, 0.25) is 5.91 Å². The third kappa shape index (κ3) is 8.08. The van der Waals surface area contributed by atoms with Gasteiger partial charge in [-0.1, -0.05) is 88.1 Å². The van der Waals surface area contributed by atoms with Gasteiger partial charge in [-0.25, -0.2) is 10.4 Å². The van der Waals surface area contributed by atoms with Crippen molar-refractivity contribution in [3.8, 4) is 0 Å². The largest absolute Gasteiger partial charge is 0.273 e. The quantitative estimate of drug-likeness (QED) is 0.202. The van der Waals surface area contributed by atoms with Crippen LogP contribution < -0.4 is 5.43 Å². The van der Waals surface area contributed by atoms with Crippen LogP contribution in [-0.4, -0.2) is 17.1 Å². The first-order chi connectivity index (χ1) is 13.2. The number of hydrazone groups is 1. The Labute approximate surface area is 167 Å². The van der Waals surface area contributed by atoms with E-state index < -0.39 is 0 Å². The number of halogens is 1. The van der Waals surface area contributed by atoms with Gasteiger partial charge in [-0.2, -0.15) is 5.10 Å². The number of unbranched alkanes of at least 4 members (excludes halogenated alkanes) is 8. The molecule has 0 fully saturated rings. The maximum absolute atomic E-state index is 11.9. The summed E-state index contributed by atoms with van der Waals surface area (Å²) in [7, 11) is 0. The molecule has 0 saturated carbocycles. The molecule has 0 aliphatic rings. The summed E-state index contributed by atoms with van der Waals surface area (Å²) in [6, 6.07) is 9.67. The van der Waals surface area contributed by atoms with Crippen LogP contribution in [0.2, 0.25) is 5.15 Å². The number of hydrogen-bond acceptors (Lipinski definition) is 3. The zero-order valence-electron chi connectivity index (χ0n) is 16.2. The highest BCUT2D eigenvalue weighted by molar-refractivity contribution is 6.32. The molecule has 2 aromatic rings. The van der Waals surface area contributed by atoms with Crippen LogP contribution in [0.3, 0.4) is 0 Å². The van der Waals surface area contributed by atoms with Crippen LogP contribution in [-0.2, 0) is 4.79 Å². The van der Waals surface area contributed by atoms with E-state index in [4.69, 9.17) is 11.6 Å². The lowest BCUT2D eigenvalue weighted by Gasteiger charge is -2.03. The summed E-state index contributed by atoms with van der Waals surface area (Å²) in [6.45, 7) is 2.24. The molecule has 1 aromatic carbocycles. The molecular weight excluding hydrogens is 358 g/mol. The van der Waals surface area contributed by atoms with Crippen LogP contribution in [0.1, 0.15) is 76.7 Å². The van der Waals surface area contributed by atoms with E-state index >= 15 is 0 Å². The Bertz CT molecular complexity index is 745. The third-order valence-electron chi connectivity index (χ3n) is 4.60. The molecule has 0 unspecified atom stereocenters. The number of nitrogens with one attached hydrogen (secondary N) is 1. The van der Waals surface area contributed by atoms with Crippen molar-refractivity contribution in [3.05, 3.63) is 41.0 Å². The van der Waals surface area contributed by atoms with Crippen molar-refractivity contribution in [1.82, 2.24) is 10.4 Å². The van der Waals surface area contributed by atoms with Gasteiger partial charge in [-0.05, 0) is 18.6 Å². The number of fused-ring (bicyclic) bond motifs is 1. The Morgan fingerprint density at radius 3 is 2.48 bits per heavy atom. The first kappa shape index (κ1) is 21.4. The molecule has 1 amide bonds. The normalized spacial score (nSPS) is 11.3. The molecular formula is C22H30ClN3O. The summed E-state index contributed by atoms with van der Waals surface area (Å²) in [5.41, 5.74) is 4.11. The zero-order valence-corrected chi connectivity index (χ0v) is 17.0. The Morgan fingerprint density at radius 1 is 1.07 bits per heavy atom. The number of carbonyl (C=O) groups excluding carboxylic acids is 1. The molecule has 0 spiro atoms. The number of benzene rings is 1. The molecule has 2 rings (SSSR count). The molecule has 5 heteroatoms. The predicted octanol–water partition coefficient (Wildman–Crippen LogP) is 6.26. The minimum Gasteiger partial charge on any atom is -0.273 e. The molecule has 0 radical (unpaired) electrons. The molecule has 4 nitrogen and oxygen atoms in total. The lowest BCUT2D eigenvalue weighted by molar-refractivity contribution is -0.121. The van der Waals surface area contributed by atoms with E-state index in [1.54, 1.807) is 6.21 Å². The molecule has 1 N–H and O–H groups in total. The van der Waals surface area contributed by atoms with Crippen LogP contribution in [0.4, 0.5) is 0 Å². The summed E-state index contributed by atoms with van der Waals surface area (Å²) >= 11 is 6.18. The first-order valence-electron chi connectivity index (χ1n) is 10.1. The van der Waals surface area contributed by atoms with E-state index in [1.807, 2.05) is 30.3 Å². The van der Waals surface area contributed by atoms with Gasteiger partial charge in [0.05, 0.1) is 11.7 Å². The van der Waals surface area contributed by atoms with Crippen molar-refractivity contribution in [2.75, 3.05) is 0 Å². The third-order valence-corrected chi connectivity index (χ3v) is 4.91. The van der Waals surface area contributed by atoms with Gasteiger partial charge in [-0.15, -0.1) is 0 Å². The number of para-hydroxylation sites is 1. The highest BCUT2D eigenvalue weighted by atomic mass is 35.5. The van der Waals surface area contributed by atoms with Crippen LogP contribution >= 0.6 is 11.6 Å². The smallest absolute Gasteiger partial charge is 0.240 e. The van der Waals surface area contributed by atoms with E-state index in [2.05, 4.69) is 22.4 Å². The van der Waals surface area contributed by atoms with Crippen LogP contribution in [0.25, 0.3) is 10.9 Å². The number of rotatable bonds is 12. The van der Waals surface area contributed by atoms with Crippen LogP contribution in [0.5, 0.6) is 0 Å². The van der Waals surface area contributed by atoms with Crippen molar-refractivity contribution in [1.29, 1.82) is 0 Å². The fraction of sp³-hybridized carbons (Fsp3) is 0.500. The average Bonchev–Trinajstić information content (AvgIpc) is 2.67.